The molecule has 1 aromatic carbocycles. The molecule has 0 bridgehead atoms. The average Bonchev–Trinajstić information content (AvgIpc) is 2.97. The molecule has 4 nitrogen and oxygen atoms in total. The lowest BCUT2D eigenvalue weighted by Crippen LogP contribution is -2.51. The number of benzene rings is 1. The molecule has 6 heteroatoms. The average molecular weight is 356 g/mol. The van der Waals surface area contributed by atoms with Gasteiger partial charge >= 0.3 is 0 Å². The van der Waals surface area contributed by atoms with Crippen LogP contribution in [0.15, 0.2) is 18.2 Å². The lowest BCUT2D eigenvalue weighted by Gasteiger charge is -2.35. The zero-order valence-corrected chi connectivity index (χ0v) is 15.0. The quantitative estimate of drug-likeness (QED) is 0.779. The molecule has 1 aliphatic carbocycles. The van der Waals surface area contributed by atoms with Gasteiger partial charge in [0.1, 0.15) is 0 Å². The second-order valence-electron chi connectivity index (χ2n) is 7.09. The van der Waals surface area contributed by atoms with Gasteiger partial charge in [-0.15, -0.1) is 0 Å². The van der Waals surface area contributed by atoms with Crippen molar-refractivity contribution in [2.24, 2.45) is 11.8 Å². The van der Waals surface area contributed by atoms with Crippen molar-refractivity contribution < 1.29 is 4.79 Å². The molecule has 126 valence electrons. The summed E-state index contributed by atoms with van der Waals surface area (Å²) >= 11 is 12.1. The van der Waals surface area contributed by atoms with E-state index in [1.54, 1.807) is 6.07 Å². The van der Waals surface area contributed by atoms with Crippen LogP contribution >= 0.6 is 23.2 Å². The molecule has 0 spiro atoms. The number of amides is 1. The van der Waals surface area contributed by atoms with Gasteiger partial charge in [-0.1, -0.05) is 35.7 Å². The smallest absolute Gasteiger partial charge is 0.225 e. The number of rotatable bonds is 3. The maximum atomic E-state index is 12.8. The van der Waals surface area contributed by atoms with E-state index >= 15 is 0 Å². The summed E-state index contributed by atoms with van der Waals surface area (Å²) in [5, 5.41) is 4.22. The Bertz CT molecular complexity index is 606. The minimum absolute atomic E-state index is 0.00537. The summed E-state index contributed by atoms with van der Waals surface area (Å²) in [6, 6.07) is 5.73. The van der Waals surface area contributed by atoms with Crippen molar-refractivity contribution in [1.82, 2.24) is 16.2 Å². The van der Waals surface area contributed by atoms with E-state index in [-0.39, 0.29) is 17.9 Å². The monoisotopic (exact) mass is 355 g/mol. The van der Waals surface area contributed by atoms with Gasteiger partial charge in [0.05, 0.1) is 21.5 Å². The summed E-state index contributed by atoms with van der Waals surface area (Å²) < 4.78 is 0. The van der Waals surface area contributed by atoms with Crippen LogP contribution in [0.4, 0.5) is 0 Å². The van der Waals surface area contributed by atoms with Crippen molar-refractivity contribution in [1.29, 1.82) is 0 Å². The van der Waals surface area contributed by atoms with E-state index < -0.39 is 5.54 Å². The van der Waals surface area contributed by atoms with E-state index in [0.717, 1.165) is 24.9 Å². The van der Waals surface area contributed by atoms with Gasteiger partial charge in [0.15, 0.2) is 0 Å². The molecule has 3 N–H and O–H groups in total. The molecule has 1 amide bonds. The number of hydrogen-bond donors (Lipinski definition) is 3. The van der Waals surface area contributed by atoms with Gasteiger partial charge in [-0.05, 0) is 50.3 Å². The lowest BCUT2D eigenvalue weighted by molar-refractivity contribution is -0.129. The van der Waals surface area contributed by atoms with Crippen LogP contribution in [0.5, 0.6) is 0 Å². The Labute approximate surface area is 147 Å². The molecular formula is C17H23Cl2N3O. The number of halogens is 2. The molecule has 0 aromatic heterocycles. The number of fused-ring (bicyclic) bond motifs is 1. The van der Waals surface area contributed by atoms with Crippen LogP contribution in [0.2, 0.25) is 10.0 Å². The highest BCUT2D eigenvalue weighted by atomic mass is 35.5. The summed E-state index contributed by atoms with van der Waals surface area (Å²) in [7, 11) is 0. The number of carbonyl (C=O) groups excluding carboxylic acids is 1. The Kier molecular flexibility index (Phi) is 4.88. The van der Waals surface area contributed by atoms with Crippen LogP contribution in [0.3, 0.4) is 0 Å². The molecule has 3 atom stereocenters. The lowest BCUT2D eigenvalue weighted by atomic mass is 9.77. The minimum Gasteiger partial charge on any atom is -0.347 e. The second-order valence-corrected chi connectivity index (χ2v) is 7.91. The molecule has 1 heterocycles. The van der Waals surface area contributed by atoms with Crippen LogP contribution in [0.1, 0.15) is 38.7 Å². The van der Waals surface area contributed by atoms with Crippen molar-refractivity contribution in [2.45, 2.75) is 44.7 Å². The minimum atomic E-state index is -0.496. The van der Waals surface area contributed by atoms with Crippen LogP contribution in [0, 0.1) is 11.8 Å². The summed E-state index contributed by atoms with van der Waals surface area (Å²) in [5.41, 5.74) is 6.93. The summed E-state index contributed by atoms with van der Waals surface area (Å²) in [6.45, 7) is 4.93. The van der Waals surface area contributed by atoms with Crippen LogP contribution in [-0.2, 0) is 10.3 Å². The molecule has 1 saturated carbocycles. The topological polar surface area (TPSA) is 53.2 Å². The predicted octanol–water partition coefficient (Wildman–Crippen LogP) is 3.24. The Morgan fingerprint density at radius 3 is 2.78 bits per heavy atom. The molecule has 0 radical (unpaired) electrons. The van der Waals surface area contributed by atoms with E-state index in [9.17, 15) is 4.79 Å². The molecule has 23 heavy (non-hydrogen) atoms. The van der Waals surface area contributed by atoms with Gasteiger partial charge in [0.25, 0.3) is 0 Å². The van der Waals surface area contributed by atoms with Crippen molar-refractivity contribution in [2.75, 3.05) is 6.54 Å². The first kappa shape index (κ1) is 17.0. The van der Waals surface area contributed by atoms with Gasteiger partial charge in [-0.3, -0.25) is 15.6 Å². The Morgan fingerprint density at radius 1 is 1.26 bits per heavy atom. The molecule has 2 fully saturated rings. The first-order valence-electron chi connectivity index (χ1n) is 8.14. The molecule has 2 aliphatic rings. The molecular weight excluding hydrogens is 333 g/mol. The SMILES string of the molecule is CC(C)(NC(=O)C1CCCC2CNNC21)c1ccc(Cl)c(Cl)c1. The van der Waals surface area contributed by atoms with Crippen LogP contribution < -0.4 is 16.2 Å². The third kappa shape index (κ3) is 3.50. The molecule has 1 saturated heterocycles. The van der Waals surface area contributed by atoms with Crippen molar-refractivity contribution in [3.8, 4) is 0 Å². The standard InChI is InChI=1S/C17H23Cl2N3O/c1-17(2,11-6-7-13(18)14(19)8-11)21-16(23)12-5-3-4-10-9-20-22-15(10)12/h6-8,10,12,15,20,22H,3-5,9H2,1-2H3,(H,21,23). The van der Waals surface area contributed by atoms with Crippen molar-refractivity contribution in [3.05, 3.63) is 33.8 Å². The number of hydrazine groups is 1. The van der Waals surface area contributed by atoms with E-state index in [1.165, 1.54) is 6.42 Å². The fourth-order valence-electron chi connectivity index (χ4n) is 3.69. The third-order valence-electron chi connectivity index (χ3n) is 5.08. The number of hydrogen-bond acceptors (Lipinski definition) is 3. The Balaban J connectivity index is 1.74. The first-order valence-corrected chi connectivity index (χ1v) is 8.90. The normalized spacial score (nSPS) is 27.6. The summed E-state index contributed by atoms with van der Waals surface area (Å²) in [5.74, 6) is 0.658. The molecule has 1 aromatic rings. The highest BCUT2D eigenvalue weighted by Crippen LogP contribution is 2.33. The highest BCUT2D eigenvalue weighted by molar-refractivity contribution is 6.42. The maximum Gasteiger partial charge on any atom is 0.225 e. The van der Waals surface area contributed by atoms with Crippen LogP contribution in [-0.4, -0.2) is 18.5 Å². The molecule has 3 unspecified atom stereocenters. The maximum absolute atomic E-state index is 12.8. The molecule has 1 aliphatic heterocycles. The number of carbonyl (C=O) groups is 1. The number of nitrogens with one attached hydrogen (secondary N) is 3. The fraction of sp³-hybridized carbons (Fsp3) is 0.588. The van der Waals surface area contributed by atoms with Gasteiger partial charge in [0.2, 0.25) is 5.91 Å². The predicted molar refractivity (Wildman–Crippen MR) is 93.4 cm³/mol. The Hall–Kier alpha value is -0.810. The Morgan fingerprint density at radius 2 is 2.04 bits per heavy atom. The highest BCUT2D eigenvalue weighted by Gasteiger charge is 2.41. The van der Waals surface area contributed by atoms with Gasteiger partial charge < -0.3 is 5.32 Å². The second kappa shape index (κ2) is 6.60. The van der Waals surface area contributed by atoms with Gasteiger partial charge in [-0.2, -0.15) is 0 Å². The van der Waals surface area contributed by atoms with Crippen molar-refractivity contribution in [3.63, 3.8) is 0 Å². The first-order chi connectivity index (χ1) is 10.9. The van der Waals surface area contributed by atoms with E-state index in [1.807, 2.05) is 26.0 Å². The van der Waals surface area contributed by atoms with E-state index in [4.69, 9.17) is 23.2 Å². The fourth-order valence-corrected chi connectivity index (χ4v) is 3.99. The zero-order valence-electron chi connectivity index (χ0n) is 13.5. The largest absolute Gasteiger partial charge is 0.347 e. The van der Waals surface area contributed by atoms with E-state index in [0.29, 0.717) is 16.0 Å². The molecule has 3 rings (SSSR count). The zero-order chi connectivity index (χ0) is 16.6. The van der Waals surface area contributed by atoms with Crippen molar-refractivity contribution >= 4 is 29.1 Å². The van der Waals surface area contributed by atoms with E-state index in [2.05, 4.69) is 16.2 Å². The van der Waals surface area contributed by atoms with Crippen LogP contribution in [0.25, 0.3) is 0 Å². The summed E-state index contributed by atoms with van der Waals surface area (Å²) in [6.07, 6.45) is 3.22. The van der Waals surface area contributed by atoms with Gasteiger partial charge in [0, 0.05) is 12.6 Å². The third-order valence-corrected chi connectivity index (χ3v) is 5.82. The van der Waals surface area contributed by atoms with Gasteiger partial charge in [-0.25, -0.2) is 0 Å². The summed E-state index contributed by atoms with van der Waals surface area (Å²) in [4.78, 5) is 12.8.